The lowest BCUT2D eigenvalue weighted by Crippen LogP contribution is -3.24. The van der Waals surface area contributed by atoms with Crippen molar-refractivity contribution in [3.63, 3.8) is 0 Å². The van der Waals surface area contributed by atoms with E-state index in [1.807, 2.05) is 23.1 Å². The first-order chi connectivity index (χ1) is 12.2. The first kappa shape index (κ1) is 17.4. The molecule has 0 aromatic heterocycles. The Bertz CT molecular complexity index is 600. The van der Waals surface area contributed by atoms with E-state index in [9.17, 15) is 4.79 Å². The topological polar surface area (TPSA) is 33.5 Å². The molecule has 3 fully saturated rings. The van der Waals surface area contributed by atoms with Crippen molar-refractivity contribution in [2.24, 2.45) is 0 Å². The number of nitrogens with one attached hydrogen (secondary N) is 2. The summed E-state index contributed by atoms with van der Waals surface area (Å²) in [6.07, 6.45) is 13.5. The molecular formula is C21H30ClN2O+. The number of hydrogen-bond acceptors (Lipinski definition) is 1. The molecule has 25 heavy (non-hydrogen) atoms. The van der Waals surface area contributed by atoms with Crippen molar-refractivity contribution in [1.82, 2.24) is 5.32 Å². The largest absolute Gasteiger partial charge is 0.349 e. The number of carbonyl (C=O) groups excluding carboxylic acids is 1. The Morgan fingerprint density at radius 3 is 2.32 bits per heavy atom. The minimum absolute atomic E-state index is 0.0340. The zero-order valence-corrected chi connectivity index (χ0v) is 15.7. The summed E-state index contributed by atoms with van der Waals surface area (Å²) in [6, 6.07) is 9.99. The van der Waals surface area contributed by atoms with Crippen LogP contribution in [0.5, 0.6) is 0 Å². The Hall–Kier alpha value is -1.06. The molecule has 2 heterocycles. The molecule has 3 nitrogen and oxygen atoms in total. The molecule has 2 atom stereocenters. The van der Waals surface area contributed by atoms with E-state index in [0.29, 0.717) is 16.6 Å². The van der Waals surface area contributed by atoms with Gasteiger partial charge in [0.25, 0.3) is 5.91 Å². The first-order valence-corrected chi connectivity index (χ1v) is 10.5. The molecule has 0 unspecified atom stereocenters. The predicted molar refractivity (Wildman–Crippen MR) is 101 cm³/mol. The Kier molecular flexibility index (Phi) is 5.33. The van der Waals surface area contributed by atoms with Crippen LogP contribution in [0.2, 0.25) is 5.02 Å². The van der Waals surface area contributed by atoms with E-state index in [0.717, 1.165) is 31.0 Å². The molecule has 2 aliphatic heterocycles. The summed E-state index contributed by atoms with van der Waals surface area (Å²) >= 11 is 6.03. The molecule has 1 aliphatic carbocycles. The van der Waals surface area contributed by atoms with Gasteiger partial charge in [0, 0.05) is 29.5 Å². The molecule has 4 rings (SSSR count). The number of hydrogen-bond donors (Lipinski definition) is 2. The standard InChI is InChI=1S/C21H29ClN2O/c22-16-7-4-6-15(12-16)21(25)23-17-13-19-10-5-11-20(14-17)24(19)18-8-2-1-3-9-18/h4,6-7,12,17-20H,1-3,5,8-11,13-14H2,(H,23,25)/p+1/t19-,20-/m1/s1. The zero-order valence-electron chi connectivity index (χ0n) is 15.0. The van der Waals surface area contributed by atoms with Crippen molar-refractivity contribution in [3.8, 4) is 0 Å². The average molecular weight is 362 g/mol. The first-order valence-electron chi connectivity index (χ1n) is 10.1. The van der Waals surface area contributed by atoms with Gasteiger partial charge in [-0.05, 0) is 63.1 Å². The summed E-state index contributed by atoms with van der Waals surface area (Å²) in [5, 5.41) is 3.93. The fraction of sp³-hybridized carbons (Fsp3) is 0.667. The van der Waals surface area contributed by atoms with E-state index in [1.165, 1.54) is 51.4 Å². The van der Waals surface area contributed by atoms with Crippen molar-refractivity contribution in [2.45, 2.75) is 88.4 Å². The summed E-state index contributed by atoms with van der Waals surface area (Å²) in [4.78, 5) is 14.5. The number of halogens is 1. The third kappa shape index (κ3) is 3.88. The van der Waals surface area contributed by atoms with Gasteiger partial charge in [-0.2, -0.15) is 0 Å². The molecule has 1 aromatic rings. The fourth-order valence-corrected chi connectivity index (χ4v) is 5.88. The highest BCUT2D eigenvalue weighted by Crippen LogP contribution is 2.26. The van der Waals surface area contributed by atoms with Crippen LogP contribution in [-0.2, 0) is 0 Å². The van der Waals surface area contributed by atoms with Crippen molar-refractivity contribution in [2.75, 3.05) is 0 Å². The van der Waals surface area contributed by atoms with Crippen molar-refractivity contribution >= 4 is 17.5 Å². The quantitative estimate of drug-likeness (QED) is 0.850. The van der Waals surface area contributed by atoms with E-state index in [4.69, 9.17) is 11.6 Å². The second-order valence-electron chi connectivity index (χ2n) is 8.31. The van der Waals surface area contributed by atoms with E-state index in [-0.39, 0.29) is 5.91 Å². The Labute approximate surface area is 156 Å². The molecule has 2 N–H and O–H groups in total. The van der Waals surface area contributed by atoms with Crippen LogP contribution in [0.1, 0.15) is 74.6 Å². The smallest absolute Gasteiger partial charge is 0.251 e. The normalized spacial score (nSPS) is 33.0. The third-order valence-corrected chi connectivity index (χ3v) is 6.92. The average Bonchev–Trinajstić information content (AvgIpc) is 2.61. The predicted octanol–water partition coefficient (Wildman–Crippen LogP) is 3.37. The number of quaternary nitrogens is 1. The molecule has 3 aliphatic rings. The van der Waals surface area contributed by atoms with Gasteiger partial charge in [-0.3, -0.25) is 4.79 Å². The number of benzene rings is 1. The Balaban J connectivity index is 1.41. The van der Waals surface area contributed by atoms with Gasteiger partial charge >= 0.3 is 0 Å². The van der Waals surface area contributed by atoms with Gasteiger partial charge < -0.3 is 10.2 Å². The Morgan fingerprint density at radius 2 is 1.64 bits per heavy atom. The summed E-state index contributed by atoms with van der Waals surface area (Å²) in [5.41, 5.74) is 0.680. The number of rotatable bonds is 3. The van der Waals surface area contributed by atoms with Crippen LogP contribution in [0.25, 0.3) is 0 Å². The van der Waals surface area contributed by atoms with E-state index in [1.54, 1.807) is 6.07 Å². The third-order valence-electron chi connectivity index (χ3n) is 6.68. The molecule has 1 saturated carbocycles. The van der Waals surface area contributed by atoms with E-state index < -0.39 is 0 Å². The van der Waals surface area contributed by atoms with Crippen LogP contribution < -0.4 is 10.2 Å². The molecule has 2 bridgehead atoms. The lowest BCUT2D eigenvalue weighted by Gasteiger charge is -2.50. The molecule has 136 valence electrons. The van der Waals surface area contributed by atoms with Gasteiger partial charge in [0.1, 0.15) is 0 Å². The van der Waals surface area contributed by atoms with Gasteiger partial charge in [-0.25, -0.2) is 0 Å². The van der Waals surface area contributed by atoms with E-state index >= 15 is 0 Å². The monoisotopic (exact) mass is 361 g/mol. The second-order valence-corrected chi connectivity index (χ2v) is 8.75. The maximum Gasteiger partial charge on any atom is 0.251 e. The number of amides is 1. The summed E-state index contributed by atoms with van der Waals surface area (Å²) < 4.78 is 0. The highest BCUT2D eigenvalue weighted by molar-refractivity contribution is 6.30. The van der Waals surface area contributed by atoms with Gasteiger partial charge in [-0.1, -0.05) is 24.1 Å². The second kappa shape index (κ2) is 7.67. The minimum atomic E-state index is 0.0340. The summed E-state index contributed by atoms with van der Waals surface area (Å²) in [5.74, 6) is 0.0340. The molecule has 2 saturated heterocycles. The molecule has 1 aromatic carbocycles. The van der Waals surface area contributed by atoms with Crippen LogP contribution in [0.15, 0.2) is 24.3 Å². The SMILES string of the molecule is O=C(NC1C[C@H]2CCC[C@H](C1)[NH+]2C1CCCCC1)c1cccc(Cl)c1. The van der Waals surface area contributed by atoms with Crippen LogP contribution in [0, 0.1) is 0 Å². The lowest BCUT2D eigenvalue weighted by atomic mass is 9.78. The fourth-order valence-electron chi connectivity index (χ4n) is 5.69. The highest BCUT2D eigenvalue weighted by Gasteiger charge is 2.45. The van der Waals surface area contributed by atoms with Gasteiger partial charge in [0.15, 0.2) is 0 Å². The molecular weight excluding hydrogens is 332 g/mol. The molecule has 1 amide bonds. The number of carbonyl (C=O) groups is 1. The van der Waals surface area contributed by atoms with Gasteiger partial charge in [-0.15, -0.1) is 0 Å². The maximum absolute atomic E-state index is 12.6. The van der Waals surface area contributed by atoms with Crippen LogP contribution in [0.3, 0.4) is 0 Å². The number of fused-ring (bicyclic) bond motifs is 2. The summed E-state index contributed by atoms with van der Waals surface area (Å²) in [7, 11) is 0. The van der Waals surface area contributed by atoms with Crippen LogP contribution in [0.4, 0.5) is 0 Å². The van der Waals surface area contributed by atoms with Crippen molar-refractivity contribution < 1.29 is 9.69 Å². The van der Waals surface area contributed by atoms with Crippen molar-refractivity contribution in [1.29, 1.82) is 0 Å². The Morgan fingerprint density at radius 1 is 0.960 bits per heavy atom. The molecule has 0 radical (unpaired) electrons. The molecule has 0 spiro atoms. The summed E-state index contributed by atoms with van der Waals surface area (Å²) in [6.45, 7) is 0. The number of piperidine rings is 2. The minimum Gasteiger partial charge on any atom is -0.349 e. The van der Waals surface area contributed by atoms with Crippen molar-refractivity contribution in [3.05, 3.63) is 34.9 Å². The van der Waals surface area contributed by atoms with Crippen LogP contribution in [-0.4, -0.2) is 30.1 Å². The van der Waals surface area contributed by atoms with E-state index in [2.05, 4.69) is 5.32 Å². The lowest BCUT2D eigenvalue weighted by molar-refractivity contribution is -0.984. The van der Waals surface area contributed by atoms with Crippen LogP contribution >= 0.6 is 11.6 Å². The maximum atomic E-state index is 12.6. The van der Waals surface area contributed by atoms with Gasteiger partial charge in [0.05, 0.1) is 18.1 Å². The zero-order chi connectivity index (χ0) is 17.2. The van der Waals surface area contributed by atoms with Gasteiger partial charge in [0.2, 0.25) is 0 Å². The highest BCUT2D eigenvalue weighted by atomic mass is 35.5. The molecule has 4 heteroatoms.